The molecular weight excluding hydrogens is 230 g/mol. The van der Waals surface area contributed by atoms with Gasteiger partial charge in [-0.2, -0.15) is 0 Å². The van der Waals surface area contributed by atoms with Crippen LogP contribution in [-0.4, -0.2) is 7.05 Å². The van der Waals surface area contributed by atoms with Gasteiger partial charge in [0.05, 0.1) is 0 Å². The number of aryl methyl sites for hydroxylation is 3. The molecule has 0 aliphatic carbocycles. The van der Waals surface area contributed by atoms with Gasteiger partial charge in [0.1, 0.15) is 0 Å². The number of hydrogen-bond acceptors (Lipinski definition) is 1. The molecule has 0 amide bonds. The first kappa shape index (κ1) is 13.8. The minimum atomic E-state index is 0.377. The zero-order chi connectivity index (χ0) is 13.8. The molecule has 2 rings (SSSR count). The number of likely N-dealkylation sites (N-methyl/N-ethyl adjacent to an activating group) is 1. The molecule has 2 aromatic carbocycles. The number of nitrogens with one attached hydrogen (secondary N) is 1. The third-order valence-corrected chi connectivity index (χ3v) is 3.80. The van der Waals surface area contributed by atoms with Crippen LogP contribution in [0.1, 0.15) is 33.9 Å². The second kappa shape index (κ2) is 6.03. The smallest absolute Gasteiger partial charge is 0.0358 e. The molecular formula is C18H23N. The summed E-state index contributed by atoms with van der Waals surface area (Å²) in [4.78, 5) is 0. The van der Waals surface area contributed by atoms with E-state index in [2.05, 4.69) is 68.6 Å². The van der Waals surface area contributed by atoms with Crippen LogP contribution in [0.2, 0.25) is 0 Å². The molecule has 100 valence electrons. The molecule has 0 bridgehead atoms. The topological polar surface area (TPSA) is 12.0 Å². The van der Waals surface area contributed by atoms with E-state index >= 15 is 0 Å². The highest BCUT2D eigenvalue weighted by atomic mass is 14.9. The van der Waals surface area contributed by atoms with Crippen LogP contribution in [0, 0.1) is 20.8 Å². The van der Waals surface area contributed by atoms with E-state index in [0.717, 1.165) is 6.42 Å². The Bertz CT molecular complexity index is 557. The second-order valence-electron chi connectivity index (χ2n) is 5.38. The lowest BCUT2D eigenvalue weighted by molar-refractivity contribution is 0.591. The Morgan fingerprint density at radius 1 is 0.947 bits per heavy atom. The fraction of sp³-hybridized carbons (Fsp3) is 0.333. The van der Waals surface area contributed by atoms with Gasteiger partial charge in [0.2, 0.25) is 0 Å². The Kier molecular flexibility index (Phi) is 4.39. The summed E-state index contributed by atoms with van der Waals surface area (Å²) in [6.07, 6.45) is 1.03. The Hall–Kier alpha value is -1.60. The summed E-state index contributed by atoms with van der Waals surface area (Å²) in [5.74, 6) is 0. The van der Waals surface area contributed by atoms with Crippen molar-refractivity contribution in [2.24, 2.45) is 0 Å². The van der Waals surface area contributed by atoms with Crippen molar-refractivity contribution in [1.82, 2.24) is 5.32 Å². The maximum absolute atomic E-state index is 3.43. The van der Waals surface area contributed by atoms with Gasteiger partial charge in [-0.3, -0.25) is 0 Å². The number of hydrogen-bond donors (Lipinski definition) is 1. The second-order valence-corrected chi connectivity index (χ2v) is 5.38. The van der Waals surface area contributed by atoms with Gasteiger partial charge in [-0.1, -0.05) is 48.0 Å². The van der Waals surface area contributed by atoms with Crippen molar-refractivity contribution >= 4 is 0 Å². The highest BCUT2D eigenvalue weighted by Crippen LogP contribution is 2.20. The Balaban J connectivity index is 2.21. The quantitative estimate of drug-likeness (QED) is 0.864. The standard InChI is InChI=1S/C18H23N/c1-13-6-5-7-17(10-13)18(19-4)12-16-9-8-14(2)15(3)11-16/h5-11,18-19H,12H2,1-4H3. The van der Waals surface area contributed by atoms with E-state index in [1.165, 1.54) is 27.8 Å². The minimum absolute atomic E-state index is 0.377. The van der Waals surface area contributed by atoms with Gasteiger partial charge >= 0.3 is 0 Å². The first-order valence-corrected chi connectivity index (χ1v) is 6.90. The van der Waals surface area contributed by atoms with Gasteiger partial charge < -0.3 is 5.32 Å². The molecule has 0 fully saturated rings. The zero-order valence-corrected chi connectivity index (χ0v) is 12.3. The molecule has 0 saturated heterocycles. The normalized spacial score (nSPS) is 12.4. The van der Waals surface area contributed by atoms with Crippen molar-refractivity contribution < 1.29 is 0 Å². The van der Waals surface area contributed by atoms with Crippen LogP contribution in [0.4, 0.5) is 0 Å². The minimum Gasteiger partial charge on any atom is -0.313 e. The van der Waals surface area contributed by atoms with Gasteiger partial charge in [0.15, 0.2) is 0 Å². The lowest BCUT2D eigenvalue weighted by Gasteiger charge is -2.18. The van der Waals surface area contributed by atoms with E-state index in [-0.39, 0.29) is 0 Å². The van der Waals surface area contributed by atoms with E-state index in [0.29, 0.717) is 6.04 Å². The Labute approximate surface area is 116 Å². The van der Waals surface area contributed by atoms with E-state index in [9.17, 15) is 0 Å². The molecule has 1 N–H and O–H groups in total. The summed E-state index contributed by atoms with van der Waals surface area (Å²) < 4.78 is 0. The maximum atomic E-state index is 3.43. The first-order valence-electron chi connectivity index (χ1n) is 6.90. The van der Waals surface area contributed by atoms with Gasteiger partial charge in [0, 0.05) is 6.04 Å². The van der Waals surface area contributed by atoms with Crippen molar-refractivity contribution in [3.8, 4) is 0 Å². The highest BCUT2D eigenvalue weighted by Gasteiger charge is 2.10. The van der Waals surface area contributed by atoms with Crippen molar-refractivity contribution in [1.29, 1.82) is 0 Å². The van der Waals surface area contributed by atoms with Crippen LogP contribution in [0.25, 0.3) is 0 Å². The summed E-state index contributed by atoms with van der Waals surface area (Å²) in [7, 11) is 2.04. The van der Waals surface area contributed by atoms with E-state index in [4.69, 9.17) is 0 Å². The number of rotatable bonds is 4. The molecule has 19 heavy (non-hydrogen) atoms. The van der Waals surface area contributed by atoms with Gasteiger partial charge in [0.25, 0.3) is 0 Å². The molecule has 0 aliphatic heterocycles. The summed E-state index contributed by atoms with van der Waals surface area (Å²) >= 11 is 0. The number of benzene rings is 2. The molecule has 0 heterocycles. The molecule has 1 unspecified atom stereocenters. The van der Waals surface area contributed by atoms with Gasteiger partial charge in [-0.25, -0.2) is 0 Å². The molecule has 0 saturated carbocycles. The lowest BCUT2D eigenvalue weighted by atomic mass is 9.96. The highest BCUT2D eigenvalue weighted by molar-refractivity contribution is 5.32. The fourth-order valence-corrected chi connectivity index (χ4v) is 2.44. The largest absolute Gasteiger partial charge is 0.313 e. The van der Waals surface area contributed by atoms with E-state index in [1.54, 1.807) is 0 Å². The summed E-state index contributed by atoms with van der Waals surface area (Å²) in [6.45, 7) is 6.49. The van der Waals surface area contributed by atoms with Crippen LogP contribution >= 0.6 is 0 Å². The first-order chi connectivity index (χ1) is 9.10. The van der Waals surface area contributed by atoms with Crippen molar-refractivity contribution in [2.75, 3.05) is 7.05 Å². The predicted molar refractivity (Wildman–Crippen MR) is 82.6 cm³/mol. The molecule has 1 heteroatoms. The van der Waals surface area contributed by atoms with Crippen LogP contribution in [0.15, 0.2) is 42.5 Å². The third-order valence-electron chi connectivity index (χ3n) is 3.80. The third kappa shape index (κ3) is 3.45. The fourth-order valence-electron chi connectivity index (χ4n) is 2.44. The molecule has 2 aromatic rings. The SMILES string of the molecule is CNC(Cc1ccc(C)c(C)c1)c1cccc(C)c1. The van der Waals surface area contributed by atoms with Crippen LogP contribution in [-0.2, 0) is 6.42 Å². The molecule has 0 aliphatic rings. The average Bonchev–Trinajstić information content (AvgIpc) is 2.40. The Morgan fingerprint density at radius 2 is 1.74 bits per heavy atom. The van der Waals surface area contributed by atoms with Crippen molar-refractivity contribution in [3.05, 3.63) is 70.3 Å². The zero-order valence-electron chi connectivity index (χ0n) is 12.3. The summed E-state index contributed by atoms with van der Waals surface area (Å²) in [5, 5.41) is 3.43. The maximum Gasteiger partial charge on any atom is 0.0358 e. The molecule has 0 spiro atoms. The molecule has 1 atom stereocenters. The lowest BCUT2D eigenvalue weighted by Crippen LogP contribution is -2.19. The van der Waals surface area contributed by atoms with Gasteiger partial charge in [-0.05, 0) is 56.5 Å². The van der Waals surface area contributed by atoms with Crippen LogP contribution < -0.4 is 5.32 Å². The van der Waals surface area contributed by atoms with Crippen molar-refractivity contribution in [2.45, 2.75) is 33.2 Å². The van der Waals surface area contributed by atoms with Crippen LogP contribution in [0.3, 0.4) is 0 Å². The van der Waals surface area contributed by atoms with E-state index < -0.39 is 0 Å². The van der Waals surface area contributed by atoms with E-state index in [1.807, 2.05) is 7.05 Å². The average molecular weight is 253 g/mol. The Morgan fingerprint density at radius 3 is 2.37 bits per heavy atom. The molecule has 1 nitrogen and oxygen atoms in total. The van der Waals surface area contributed by atoms with Crippen molar-refractivity contribution in [3.63, 3.8) is 0 Å². The summed E-state index contributed by atoms with van der Waals surface area (Å²) in [5.41, 5.74) is 6.81. The predicted octanol–water partition coefficient (Wildman–Crippen LogP) is 4.12. The van der Waals surface area contributed by atoms with Gasteiger partial charge in [-0.15, -0.1) is 0 Å². The summed E-state index contributed by atoms with van der Waals surface area (Å²) in [6, 6.07) is 15.9. The molecule has 0 aromatic heterocycles. The van der Waals surface area contributed by atoms with Crippen LogP contribution in [0.5, 0.6) is 0 Å². The monoisotopic (exact) mass is 253 g/mol. The molecule has 0 radical (unpaired) electrons.